The van der Waals surface area contributed by atoms with Gasteiger partial charge in [-0.25, -0.2) is 0 Å². The lowest BCUT2D eigenvalue weighted by atomic mass is 10.2. The van der Waals surface area contributed by atoms with E-state index in [1.807, 2.05) is 6.07 Å². The Morgan fingerprint density at radius 3 is 2.14 bits per heavy atom. The summed E-state index contributed by atoms with van der Waals surface area (Å²) in [6.07, 6.45) is 0. The predicted octanol–water partition coefficient (Wildman–Crippen LogP) is 1.45. The molecule has 1 saturated heterocycles. The molecule has 72 valence electrons. The molecule has 0 aromatic heterocycles. The van der Waals surface area contributed by atoms with E-state index in [4.69, 9.17) is 0 Å². The van der Waals surface area contributed by atoms with Crippen molar-refractivity contribution in [3.63, 3.8) is 0 Å². The number of hydrogen-bond donors (Lipinski definition) is 0. The van der Waals surface area contributed by atoms with Crippen LogP contribution in [0.2, 0.25) is 0 Å². The summed E-state index contributed by atoms with van der Waals surface area (Å²) in [5.41, 5.74) is -0.0427. The Morgan fingerprint density at radius 2 is 1.71 bits per heavy atom. The van der Waals surface area contributed by atoms with Crippen LogP contribution in [0, 0.1) is 0 Å². The van der Waals surface area contributed by atoms with Crippen molar-refractivity contribution >= 4 is 11.8 Å². The van der Waals surface area contributed by atoms with Gasteiger partial charge in [-0.15, -0.1) is 0 Å². The van der Waals surface area contributed by atoms with Crippen molar-refractivity contribution in [3.8, 4) is 0 Å². The minimum Gasteiger partial charge on any atom is -0.272 e. The predicted molar refractivity (Wildman–Crippen MR) is 51.7 cm³/mol. The number of carbonyl (C=O) groups is 2. The highest BCUT2D eigenvalue weighted by Gasteiger charge is 2.58. The van der Waals surface area contributed by atoms with Gasteiger partial charge in [-0.2, -0.15) is 0 Å². The van der Waals surface area contributed by atoms with Gasteiger partial charge in [-0.1, -0.05) is 18.2 Å². The van der Waals surface area contributed by atoms with Crippen molar-refractivity contribution in [3.05, 3.63) is 35.9 Å². The molecular weight excluding hydrogens is 178 g/mol. The minimum absolute atomic E-state index is 0.105. The zero-order chi connectivity index (χ0) is 10.3. The fourth-order valence-corrected chi connectivity index (χ4v) is 1.44. The molecule has 3 heteroatoms. The van der Waals surface area contributed by atoms with Crippen LogP contribution in [0.5, 0.6) is 0 Å². The smallest absolute Gasteiger partial charge is 0.261 e. The minimum atomic E-state index is -0.604. The molecule has 1 aliphatic rings. The van der Waals surface area contributed by atoms with Crippen LogP contribution < -0.4 is 0 Å². The number of nitrogens with zero attached hydrogens (tertiary/aromatic N) is 1. The molecule has 1 fully saturated rings. The molecule has 0 spiro atoms. The molecule has 3 nitrogen and oxygen atoms in total. The maximum Gasteiger partial charge on any atom is 0.261 e. The van der Waals surface area contributed by atoms with Gasteiger partial charge in [-0.05, 0) is 26.0 Å². The van der Waals surface area contributed by atoms with Crippen molar-refractivity contribution in [2.45, 2.75) is 19.4 Å². The first-order valence-corrected chi connectivity index (χ1v) is 4.49. The van der Waals surface area contributed by atoms with Crippen LogP contribution in [0.25, 0.3) is 0 Å². The van der Waals surface area contributed by atoms with E-state index < -0.39 is 5.54 Å². The van der Waals surface area contributed by atoms with Crippen molar-refractivity contribution in [1.29, 1.82) is 0 Å². The van der Waals surface area contributed by atoms with Gasteiger partial charge in [0.15, 0.2) is 0 Å². The SMILES string of the molecule is CC1(C)C(=O)N1C(=O)c1ccccc1. The van der Waals surface area contributed by atoms with Gasteiger partial charge in [0.05, 0.1) is 0 Å². The van der Waals surface area contributed by atoms with Crippen LogP contribution in [-0.2, 0) is 4.79 Å². The second-order valence-corrected chi connectivity index (χ2v) is 3.87. The van der Waals surface area contributed by atoms with Gasteiger partial charge in [0.25, 0.3) is 11.8 Å². The van der Waals surface area contributed by atoms with Gasteiger partial charge in [0, 0.05) is 5.56 Å². The first kappa shape index (κ1) is 8.94. The molecule has 0 saturated carbocycles. The number of rotatable bonds is 1. The molecule has 2 rings (SSSR count). The summed E-state index contributed by atoms with van der Waals surface area (Å²) in [5.74, 6) is -0.313. The monoisotopic (exact) mass is 189 g/mol. The van der Waals surface area contributed by atoms with E-state index in [0.717, 1.165) is 0 Å². The number of imide groups is 1. The standard InChI is InChI=1S/C11H11NO2/c1-11(2)10(14)12(11)9(13)8-6-4-3-5-7-8/h3-7H,1-2H3. The van der Waals surface area contributed by atoms with Gasteiger partial charge < -0.3 is 0 Å². The van der Waals surface area contributed by atoms with Crippen LogP contribution in [0.4, 0.5) is 0 Å². The highest BCUT2D eigenvalue weighted by atomic mass is 16.2. The van der Waals surface area contributed by atoms with Crippen molar-refractivity contribution in [1.82, 2.24) is 4.90 Å². The highest BCUT2D eigenvalue weighted by molar-refractivity contribution is 6.19. The fraction of sp³-hybridized carbons (Fsp3) is 0.273. The highest BCUT2D eigenvalue weighted by Crippen LogP contribution is 2.34. The van der Waals surface area contributed by atoms with Gasteiger partial charge in [-0.3, -0.25) is 14.5 Å². The summed E-state index contributed by atoms with van der Waals surface area (Å²) in [4.78, 5) is 24.3. The van der Waals surface area contributed by atoms with Gasteiger partial charge in [0.1, 0.15) is 5.54 Å². The molecule has 0 radical (unpaired) electrons. The second kappa shape index (κ2) is 2.67. The maximum atomic E-state index is 11.7. The topological polar surface area (TPSA) is 37.1 Å². The first-order chi connectivity index (χ1) is 6.55. The fourth-order valence-electron chi connectivity index (χ4n) is 1.44. The summed E-state index contributed by atoms with van der Waals surface area (Å²) in [6.45, 7) is 3.49. The third kappa shape index (κ3) is 1.13. The first-order valence-electron chi connectivity index (χ1n) is 4.49. The molecule has 14 heavy (non-hydrogen) atoms. The number of carbonyl (C=O) groups excluding carboxylic acids is 2. The average molecular weight is 189 g/mol. The zero-order valence-electron chi connectivity index (χ0n) is 8.15. The third-order valence-corrected chi connectivity index (χ3v) is 2.46. The number of benzene rings is 1. The lowest BCUT2D eigenvalue weighted by Gasteiger charge is -2.03. The molecule has 1 heterocycles. The molecule has 0 aliphatic carbocycles. The van der Waals surface area contributed by atoms with Crippen molar-refractivity contribution in [2.75, 3.05) is 0 Å². The Labute approximate surface area is 82.3 Å². The second-order valence-electron chi connectivity index (χ2n) is 3.87. The van der Waals surface area contributed by atoms with Gasteiger partial charge >= 0.3 is 0 Å². The van der Waals surface area contributed by atoms with E-state index >= 15 is 0 Å². The summed E-state index contributed by atoms with van der Waals surface area (Å²) in [5, 5.41) is 0. The van der Waals surface area contributed by atoms with Crippen LogP contribution in [0.3, 0.4) is 0 Å². The van der Waals surface area contributed by atoms with Gasteiger partial charge in [0.2, 0.25) is 0 Å². The van der Waals surface area contributed by atoms with E-state index in [1.54, 1.807) is 38.1 Å². The third-order valence-electron chi connectivity index (χ3n) is 2.46. The van der Waals surface area contributed by atoms with Crippen molar-refractivity contribution in [2.24, 2.45) is 0 Å². The van der Waals surface area contributed by atoms with E-state index in [-0.39, 0.29) is 11.8 Å². The summed E-state index contributed by atoms with van der Waals surface area (Å²) < 4.78 is 0. The molecule has 1 aromatic rings. The maximum absolute atomic E-state index is 11.7. The quantitative estimate of drug-likeness (QED) is 0.495. The molecule has 0 unspecified atom stereocenters. The lowest BCUT2D eigenvalue weighted by Crippen LogP contribution is -2.17. The van der Waals surface area contributed by atoms with Crippen molar-refractivity contribution < 1.29 is 9.59 Å². The van der Waals surface area contributed by atoms with E-state index in [2.05, 4.69) is 0 Å². The molecule has 1 aromatic carbocycles. The Balaban J connectivity index is 2.24. The molecule has 0 bridgehead atoms. The normalized spacial score (nSPS) is 18.1. The van der Waals surface area contributed by atoms with E-state index in [9.17, 15) is 9.59 Å². The number of hydrogen-bond acceptors (Lipinski definition) is 2. The Kier molecular flexibility index (Phi) is 1.71. The Morgan fingerprint density at radius 1 is 1.21 bits per heavy atom. The number of amides is 2. The molecular formula is C11H11NO2. The van der Waals surface area contributed by atoms with E-state index in [0.29, 0.717) is 5.56 Å². The molecule has 0 N–H and O–H groups in total. The molecule has 2 amide bonds. The van der Waals surface area contributed by atoms with Crippen LogP contribution in [0.1, 0.15) is 24.2 Å². The summed E-state index contributed by atoms with van der Waals surface area (Å²) in [7, 11) is 0. The summed E-state index contributed by atoms with van der Waals surface area (Å²) in [6, 6.07) is 8.84. The lowest BCUT2D eigenvalue weighted by molar-refractivity contribution is -0.113. The molecule has 1 aliphatic heterocycles. The Bertz CT molecular complexity index is 395. The van der Waals surface area contributed by atoms with E-state index in [1.165, 1.54) is 4.90 Å². The largest absolute Gasteiger partial charge is 0.272 e. The van der Waals surface area contributed by atoms with Crippen LogP contribution in [0.15, 0.2) is 30.3 Å². The van der Waals surface area contributed by atoms with Crippen LogP contribution >= 0.6 is 0 Å². The average Bonchev–Trinajstić information content (AvgIpc) is 2.67. The van der Waals surface area contributed by atoms with Crippen LogP contribution in [-0.4, -0.2) is 22.3 Å². The molecule has 0 atom stereocenters. The summed E-state index contributed by atoms with van der Waals surface area (Å²) >= 11 is 0. The Hall–Kier alpha value is -1.64. The zero-order valence-corrected chi connectivity index (χ0v) is 8.15.